The smallest absolute Gasteiger partial charge is 0.341 e. The minimum Gasteiger partial charge on any atom is -0.479 e. The topological polar surface area (TPSA) is 64.6 Å². The molecule has 0 spiro atoms. The van der Waals surface area contributed by atoms with Gasteiger partial charge in [-0.25, -0.2) is 4.79 Å². The SMILES string of the molecule is CCOC(=O)c1c(-c2ccccc2)csc1NC(=O)C(C)Oc1ccccc1Cl. The van der Waals surface area contributed by atoms with Crippen molar-refractivity contribution in [2.24, 2.45) is 0 Å². The van der Waals surface area contributed by atoms with Gasteiger partial charge in [0.05, 0.1) is 11.6 Å². The van der Waals surface area contributed by atoms with Gasteiger partial charge in [0.1, 0.15) is 16.3 Å². The lowest BCUT2D eigenvalue weighted by Crippen LogP contribution is -2.30. The highest BCUT2D eigenvalue weighted by atomic mass is 35.5. The Morgan fingerprint density at radius 1 is 1.10 bits per heavy atom. The fraction of sp³-hybridized carbons (Fsp3) is 0.182. The van der Waals surface area contributed by atoms with E-state index >= 15 is 0 Å². The molecule has 0 aliphatic heterocycles. The van der Waals surface area contributed by atoms with Crippen LogP contribution in [-0.4, -0.2) is 24.6 Å². The zero-order chi connectivity index (χ0) is 20.8. The first-order valence-electron chi connectivity index (χ1n) is 9.07. The molecule has 0 fully saturated rings. The van der Waals surface area contributed by atoms with E-state index in [1.807, 2.05) is 35.7 Å². The van der Waals surface area contributed by atoms with Crippen LogP contribution in [0.5, 0.6) is 5.75 Å². The molecule has 1 N–H and O–H groups in total. The van der Waals surface area contributed by atoms with Gasteiger partial charge >= 0.3 is 5.97 Å². The lowest BCUT2D eigenvalue weighted by Gasteiger charge is -2.15. The molecule has 29 heavy (non-hydrogen) atoms. The van der Waals surface area contributed by atoms with Crippen molar-refractivity contribution in [3.63, 3.8) is 0 Å². The van der Waals surface area contributed by atoms with Gasteiger partial charge < -0.3 is 14.8 Å². The predicted molar refractivity (Wildman–Crippen MR) is 116 cm³/mol. The number of carbonyl (C=O) groups is 2. The summed E-state index contributed by atoms with van der Waals surface area (Å²) in [5.74, 6) is -0.460. The Morgan fingerprint density at radius 3 is 2.48 bits per heavy atom. The van der Waals surface area contributed by atoms with Crippen molar-refractivity contribution in [2.45, 2.75) is 20.0 Å². The minimum atomic E-state index is -0.813. The Hall–Kier alpha value is -2.83. The Balaban J connectivity index is 1.84. The maximum Gasteiger partial charge on any atom is 0.341 e. The molecule has 7 heteroatoms. The first-order valence-corrected chi connectivity index (χ1v) is 10.3. The molecule has 1 aromatic heterocycles. The van der Waals surface area contributed by atoms with Gasteiger partial charge in [-0.3, -0.25) is 4.79 Å². The standard InChI is InChI=1S/C22H20ClNO4S/c1-3-27-22(26)19-16(15-9-5-4-6-10-15)13-29-21(19)24-20(25)14(2)28-18-12-8-7-11-17(18)23/h4-14H,3H2,1-2H3,(H,24,25). The third kappa shape index (κ3) is 4.96. The number of carbonyl (C=O) groups excluding carboxylic acids is 2. The molecule has 0 bridgehead atoms. The van der Waals surface area contributed by atoms with Crippen molar-refractivity contribution in [2.75, 3.05) is 11.9 Å². The lowest BCUT2D eigenvalue weighted by atomic mass is 10.0. The monoisotopic (exact) mass is 429 g/mol. The number of anilines is 1. The molecule has 3 aromatic rings. The van der Waals surface area contributed by atoms with Crippen LogP contribution in [0, 0.1) is 0 Å². The third-order valence-electron chi connectivity index (χ3n) is 4.10. The third-order valence-corrected chi connectivity index (χ3v) is 5.31. The van der Waals surface area contributed by atoms with Crippen molar-refractivity contribution >= 4 is 39.8 Å². The van der Waals surface area contributed by atoms with Crippen LogP contribution in [0.15, 0.2) is 60.0 Å². The second-order valence-electron chi connectivity index (χ2n) is 6.12. The number of ether oxygens (including phenoxy) is 2. The molecule has 0 saturated heterocycles. The van der Waals surface area contributed by atoms with Crippen molar-refractivity contribution in [1.82, 2.24) is 0 Å². The van der Waals surface area contributed by atoms with Crippen LogP contribution in [0.3, 0.4) is 0 Å². The highest BCUT2D eigenvalue weighted by molar-refractivity contribution is 7.15. The molecule has 3 rings (SSSR count). The highest BCUT2D eigenvalue weighted by Crippen LogP contribution is 2.36. The summed E-state index contributed by atoms with van der Waals surface area (Å²) in [6.07, 6.45) is -0.813. The fourth-order valence-electron chi connectivity index (χ4n) is 2.68. The number of amides is 1. The number of benzene rings is 2. The molecule has 1 atom stereocenters. The quantitative estimate of drug-likeness (QED) is 0.493. The molecule has 2 aromatic carbocycles. The Bertz CT molecular complexity index is 1000. The van der Waals surface area contributed by atoms with Crippen LogP contribution >= 0.6 is 22.9 Å². The molecule has 0 saturated carbocycles. The van der Waals surface area contributed by atoms with Crippen LogP contribution < -0.4 is 10.1 Å². The zero-order valence-electron chi connectivity index (χ0n) is 16.0. The van der Waals surface area contributed by atoms with Crippen LogP contribution in [0.4, 0.5) is 5.00 Å². The van der Waals surface area contributed by atoms with E-state index in [1.54, 1.807) is 38.1 Å². The molecule has 5 nitrogen and oxygen atoms in total. The maximum atomic E-state index is 12.7. The average molecular weight is 430 g/mol. The van der Waals surface area contributed by atoms with Gasteiger partial charge in [-0.15, -0.1) is 11.3 Å². The average Bonchev–Trinajstić information content (AvgIpc) is 3.14. The van der Waals surface area contributed by atoms with E-state index in [-0.39, 0.29) is 6.61 Å². The van der Waals surface area contributed by atoms with E-state index in [4.69, 9.17) is 21.1 Å². The van der Waals surface area contributed by atoms with E-state index in [0.29, 0.717) is 26.9 Å². The summed E-state index contributed by atoms with van der Waals surface area (Å²) < 4.78 is 10.9. The first-order chi connectivity index (χ1) is 14.0. The molecule has 1 unspecified atom stereocenters. The molecule has 1 heterocycles. The van der Waals surface area contributed by atoms with E-state index in [2.05, 4.69) is 5.32 Å². The van der Waals surface area contributed by atoms with Crippen LogP contribution in [0.2, 0.25) is 5.02 Å². The molecule has 150 valence electrons. The van der Waals surface area contributed by atoms with Gasteiger partial charge in [-0.05, 0) is 31.5 Å². The molecule has 0 radical (unpaired) electrons. The van der Waals surface area contributed by atoms with Crippen LogP contribution in [0.25, 0.3) is 11.1 Å². The Labute approximate surface area is 178 Å². The zero-order valence-corrected chi connectivity index (χ0v) is 17.5. The molecule has 0 aliphatic carbocycles. The van der Waals surface area contributed by atoms with Gasteiger partial charge in [0.25, 0.3) is 5.91 Å². The summed E-state index contributed by atoms with van der Waals surface area (Å²) in [6.45, 7) is 3.60. The maximum absolute atomic E-state index is 12.7. The summed E-state index contributed by atoms with van der Waals surface area (Å²) >= 11 is 7.36. The van der Waals surface area contributed by atoms with Crippen molar-refractivity contribution in [3.05, 3.63) is 70.6 Å². The number of esters is 1. The van der Waals surface area contributed by atoms with Crippen molar-refractivity contribution in [1.29, 1.82) is 0 Å². The summed E-state index contributed by atoms with van der Waals surface area (Å²) in [7, 11) is 0. The molecule has 0 aliphatic rings. The Kier molecular flexibility index (Phi) is 6.90. The van der Waals surface area contributed by atoms with Gasteiger partial charge in [0.2, 0.25) is 0 Å². The van der Waals surface area contributed by atoms with Crippen molar-refractivity contribution in [3.8, 4) is 16.9 Å². The first kappa shape index (κ1) is 20.9. The van der Waals surface area contributed by atoms with Gasteiger partial charge in [-0.1, -0.05) is 54.1 Å². The number of rotatable bonds is 7. The predicted octanol–water partition coefficient (Wildman–Crippen LogP) is 5.65. The minimum absolute atomic E-state index is 0.238. The molecular formula is C22H20ClNO4S. The number of halogens is 1. The number of nitrogens with one attached hydrogen (secondary N) is 1. The summed E-state index contributed by atoms with van der Waals surface area (Å²) in [5.41, 5.74) is 1.91. The van der Waals surface area contributed by atoms with E-state index < -0.39 is 18.0 Å². The van der Waals surface area contributed by atoms with Crippen LogP contribution in [0.1, 0.15) is 24.2 Å². The fourth-order valence-corrected chi connectivity index (χ4v) is 3.82. The number of hydrogen-bond donors (Lipinski definition) is 1. The number of para-hydroxylation sites is 1. The second kappa shape index (κ2) is 9.58. The summed E-state index contributed by atoms with van der Waals surface area (Å²) in [4.78, 5) is 25.3. The number of hydrogen-bond acceptors (Lipinski definition) is 5. The van der Waals surface area contributed by atoms with Crippen molar-refractivity contribution < 1.29 is 19.1 Å². The molecular weight excluding hydrogens is 410 g/mol. The van der Waals surface area contributed by atoms with Gasteiger partial charge in [0.15, 0.2) is 6.10 Å². The normalized spacial score (nSPS) is 11.6. The second-order valence-corrected chi connectivity index (χ2v) is 7.41. The largest absolute Gasteiger partial charge is 0.479 e. The summed E-state index contributed by atoms with van der Waals surface area (Å²) in [6, 6.07) is 16.4. The molecule has 1 amide bonds. The van der Waals surface area contributed by atoms with Gasteiger partial charge in [0, 0.05) is 10.9 Å². The number of thiophene rings is 1. The Morgan fingerprint density at radius 2 is 1.79 bits per heavy atom. The van der Waals surface area contributed by atoms with Crippen LogP contribution in [-0.2, 0) is 9.53 Å². The highest BCUT2D eigenvalue weighted by Gasteiger charge is 2.25. The van der Waals surface area contributed by atoms with Gasteiger partial charge in [-0.2, -0.15) is 0 Å². The summed E-state index contributed by atoms with van der Waals surface area (Å²) in [5, 5.41) is 5.46. The van der Waals surface area contributed by atoms with E-state index in [9.17, 15) is 9.59 Å². The van der Waals surface area contributed by atoms with E-state index in [0.717, 1.165) is 5.56 Å². The van der Waals surface area contributed by atoms with E-state index in [1.165, 1.54) is 11.3 Å². The lowest BCUT2D eigenvalue weighted by molar-refractivity contribution is -0.122.